The minimum atomic E-state index is -0.453. The third-order valence-electron chi connectivity index (χ3n) is 4.70. The van der Waals surface area contributed by atoms with Gasteiger partial charge in [0.1, 0.15) is 12.4 Å². The summed E-state index contributed by atoms with van der Waals surface area (Å²) < 4.78 is 25.1. The zero-order valence-electron chi connectivity index (χ0n) is 16.6. The third-order valence-corrected chi connectivity index (χ3v) is 4.70. The number of hydrogen-bond acceptors (Lipinski definition) is 4. The molecule has 6 nitrogen and oxygen atoms in total. The predicted molar refractivity (Wildman–Crippen MR) is 106 cm³/mol. The highest BCUT2D eigenvalue weighted by Crippen LogP contribution is 2.16. The maximum Gasteiger partial charge on any atom is 0.290 e. The van der Waals surface area contributed by atoms with Crippen LogP contribution in [0.15, 0.2) is 58.7 Å². The van der Waals surface area contributed by atoms with Crippen molar-refractivity contribution in [3.05, 3.63) is 71.5 Å². The second-order valence-electron chi connectivity index (χ2n) is 7.27. The average Bonchev–Trinajstić information content (AvgIpc) is 3.18. The highest BCUT2D eigenvalue weighted by atomic mass is 19.1. The first-order chi connectivity index (χ1) is 13.9. The van der Waals surface area contributed by atoms with Crippen molar-refractivity contribution in [2.24, 2.45) is 0 Å². The Labute approximate surface area is 169 Å². The summed E-state index contributed by atoms with van der Waals surface area (Å²) in [4.78, 5) is 28.6. The van der Waals surface area contributed by atoms with Crippen molar-refractivity contribution in [2.45, 2.75) is 26.6 Å². The van der Waals surface area contributed by atoms with Crippen LogP contribution in [-0.4, -0.2) is 53.9 Å². The molecule has 1 aliphatic rings. The lowest BCUT2D eigenvalue weighted by molar-refractivity contribution is -0.131. The van der Waals surface area contributed by atoms with E-state index in [0.717, 1.165) is 5.57 Å². The molecule has 3 rings (SSSR count). The van der Waals surface area contributed by atoms with Crippen LogP contribution in [0.5, 0.6) is 0 Å². The van der Waals surface area contributed by atoms with Crippen LogP contribution in [0.1, 0.15) is 30.0 Å². The van der Waals surface area contributed by atoms with Gasteiger partial charge in [0, 0.05) is 25.2 Å². The summed E-state index contributed by atoms with van der Waals surface area (Å²) in [6.07, 6.45) is 2.92. The lowest BCUT2D eigenvalue weighted by Crippen LogP contribution is -2.39. The molecule has 2 heterocycles. The summed E-state index contributed by atoms with van der Waals surface area (Å²) in [5, 5.41) is 0. The number of carbonyl (C=O) groups is 2. The Bertz CT molecular complexity index is 875. The van der Waals surface area contributed by atoms with Crippen LogP contribution in [0.4, 0.5) is 4.39 Å². The fraction of sp³-hybridized carbons (Fsp3) is 0.364. The maximum absolute atomic E-state index is 13.9. The van der Waals surface area contributed by atoms with Gasteiger partial charge in [0.2, 0.25) is 5.91 Å². The highest BCUT2D eigenvalue weighted by molar-refractivity contribution is 5.94. The van der Waals surface area contributed by atoms with Gasteiger partial charge in [0.05, 0.1) is 19.0 Å². The van der Waals surface area contributed by atoms with Gasteiger partial charge < -0.3 is 19.0 Å². The van der Waals surface area contributed by atoms with Gasteiger partial charge in [-0.25, -0.2) is 4.39 Å². The first kappa shape index (κ1) is 20.8. The summed E-state index contributed by atoms with van der Waals surface area (Å²) in [6, 6.07) is 9.58. The molecular weight excluding hydrogens is 375 g/mol. The first-order valence-electron chi connectivity index (χ1n) is 9.53. The minimum absolute atomic E-state index is 0.0598. The Kier molecular flexibility index (Phi) is 6.82. The number of benzene rings is 1. The molecule has 2 amide bonds. The molecule has 0 N–H and O–H groups in total. The zero-order chi connectivity index (χ0) is 20.8. The van der Waals surface area contributed by atoms with Crippen LogP contribution in [0.2, 0.25) is 0 Å². The molecule has 1 atom stereocenters. The molecule has 0 saturated carbocycles. The van der Waals surface area contributed by atoms with Crippen molar-refractivity contribution in [1.82, 2.24) is 9.80 Å². The second kappa shape index (κ2) is 9.52. The number of ether oxygens (including phenoxy) is 1. The summed E-state index contributed by atoms with van der Waals surface area (Å²) in [5.74, 6) is -0.711. The molecule has 1 aromatic carbocycles. The zero-order valence-corrected chi connectivity index (χ0v) is 16.6. The van der Waals surface area contributed by atoms with Crippen molar-refractivity contribution in [3.63, 3.8) is 0 Å². The standard InChI is InChI=1S/C22H25FN2O4/c1-16(2)9-10-24-12-18(29-15-17-6-3-4-7-19(17)23)13-25(14-21(24)26)22(27)20-8-5-11-28-20/h3-9,11,18H,10,12-15H2,1-2H3. The molecule has 1 fully saturated rings. The van der Waals surface area contributed by atoms with Crippen LogP contribution in [-0.2, 0) is 16.1 Å². The van der Waals surface area contributed by atoms with Crippen molar-refractivity contribution < 1.29 is 23.1 Å². The molecule has 0 spiro atoms. The van der Waals surface area contributed by atoms with Crippen LogP contribution in [0.3, 0.4) is 0 Å². The van der Waals surface area contributed by atoms with Gasteiger partial charge in [-0.1, -0.05) is 29.8 Å². The summed E-state index contributed by atoms with van der Waals surface area (Å²) in [5.41, 5.74) is 1.53. The topological polar surface area (TPSA) is 63.0 Å². The minimum Gasteiger partial charge on any atom is -0.459 e. The summed E-state index contributed by atoms with van der Waals surface area (Å²) in [6.45, 7) is 4.89. The van der Waals surface area contributed by atoms with Gasteiger partial charge in [-0.3, -0.25) is 9.59 Å². The molecule has 1 saturated heterocycles. The lowest BCUT2D eigenvalue weighted by atomic mass is 10.2. The number of hydrogen-bond donors (Lipinski definition) is 0. The van der Waals surface area contributed by atoms with Gasteiger partial charge in [-0.2, -0.15) is 0 Å². The van der Waals surface area contributed by atoms with E-state index < -0.39 is 6.10 Å². The Morgan fingerprint density at radius 3 is 2.72 bits per heavy atom. The van der Waals surface area contributed by atoms with E-state index in [9.17, 15) is 14.0 Å². The van der Waals surface area contributed by atoms with E-state index in [1.165, 1.54) is 17.2 Å². The van der Waals surface area contributed by atoms with E-state index in [2.05, 4.69) is 0 Å². The maximum atomic E-state index is 13.9. The summed E-state index contributed by atoms with van der Waals surface area (Å²) in [7, 11) is 0. The van der Waals surface area contributed by atoms with E-state index in [-0.39, 0.29) is 43.1 Å². The van der Waals surface area contributed by atoms with Crippen LogP contribution >= 0.6 is 0 Å². The number of furan rings is 1. The molecule has 1 unspecified atom stereocenters. The number of carbonyl (C=O) groups excluding carboxylic acids is 2. The fourth-order valence-corrected chi connectivity index (χ4v) is 3.09. The Morgan fingerprint density at radius 2 is 2.03 bits per heavy atom. The number of amides is 2. The van der Waals surface area contributed by atoms with Crippen LogP contribution in [0, 0.1) is 5.82 Å². The van der Waals surface area contributed by atoms with Crippen molar-refractivity contribution >= 4 is 11.8 Å². The van der Waals surface area contributed by atoms with E-state index in [1.807, 2.05) is 19.9 Å². The van der Waals surface area contributed by atoms with Gasteiger partial charge in [-0.15, -0.1) is 0 Å². The molecule has 29 heavy (non-hydrogen) atoms. The van der Waals surface area contributed by atoms with E-state index in [4.69, 9.17) is 9.15 Å². The van der Waals surface area contributed by atoms with Crippen molar-refractivity contribution in [3.8, 4) is 0 Å². The molecule has 0 aliphatic carbocycles. The lowest BCUT2D eigenvalue weighted by Gasteiger charge is -2.24. The summed E-state index contributed by atoms with van der Waals surface area (Å²) >= 11 is 0. The molecule has 2 aromatic rings. The van der Waals surface area contributed by atoms with Crippen LogP contribution < -0.4 is 0 Å². The molecule has 7 heteroatoms. The van der Waals surface area contributed by atoms with E-state index in [0.29, 0.717) is 18.7 Å². The van der Waals surface area contributed by atoms with E-state index >= 15 is 0 Å². The number of halogens is 1. The molecule has 1 aromatic heterocycles. The van der Waals surface area contributed by atoms with Crippen molar-refractivity contribution in [1.29, 1.82) is 0 Å². The monoisotopic (exact) mass is 400 g/mol. The van der Waals surface area contributed by atoms with Crippen LogP contribution in [0.25, 0.3) is 0 Å². The molecule has 0 bridgehead atoms. The molecule has 1 aliphatic heterocycles. The normalized spacial score (nSPS) is 17.2. The number of allylic oxidation sites excluding steroid dienone is 1. The Hall–Kier alpha value is -2.93. The Balaban J connectivity index is 1.77. The van der Waals surface area contributed by atoms with Crippen molar-refractivity contribution in [2.75, 3.05) is 26.2 Å². The number of rotatable bonds is 6. The smallest absolute Gasteiger partial charge is 0.290 e. The molecular formula is C22H25FN2O4. The quantitative estimate of drug-likeness (QED) is 0.699. The van der Waals surface area contributed by atoms with Gasteiger partial charge in [-0.05, 0) is 32.0 Å². The second-order valence-corrected chi connectivity index (χ2v) is 7.27. The highest BCUT2D eigenvalue weighted by Gasteiger charge is 2.32. The number of nitrogens with zero attached hydrogens (tertiary/aromatic N) is 2. The Morgan fingerprint density at radius 1 is 1.24 bits per heavy atom. The largest absolute Gasteiger partial charge is 0.459 e. The van der Waals surface area contributed by atoms with Gasteiger partial charge >= 0.3 is 0 Å². The van der Waals surface area contributed by atoms with Gasteiger partial charge in [0.15, 0.2) is 5.76 Å². The third kappa shape index (κ3) is 5.54. The predicted octanol–water partition coefficient (Wildman–Crippen LogP) is 3.25. The fourth-order valence-electron chi connectivity index (χ4n) is 3.09. The molecule has 154 valence electrons. The SMILES string of the molecule is CC(C)=CCN1CC(OCc2ccccc2F)CN(C(=O)c2ccco2)CC1=O. The molecule has 0 radical (unpaired) electrons. The van der Waals surface area contributed by atoms with Gasteiger partial charge in [0.25, 0.3) is 5.91 Å². The van der Waals surface area contributed by atoms with E-state index in [1.54, 1.807) is 35.2 Å². The first-order valence-corrected chi connectivity index (χ1v) is 9.53. The average molecular weight is 400 g/mol.